The lowest BCUT2D eigenvalue weighted by Crippen LogP contribution is -2.27. The van der Waals surface area contributed by atoms with Gasteiger partial charge in [0.25, 0.3) is 5.91 Å². The van der Waals surface area contributed by atoms with E-state index in [1.165, 1.54) is 5.56 Å². The molecule has 0 spiro atoms. The summed E-state index contributed by atoms with van der Waals surface area (Å²) in [6.45, 7) is 5.64. The summed E-state index contributed by atoms with van der Waals surface area (Å²) in [6, 6.07) is 7.77. The van der Waals surface area contributed by atoms with E-state index in [1.807, 2.05) is 29.2 Å². The summed E-state index contributed by atoms with van der Waals surface area (Å²) in [6.07, 6.45) is 3.06. The molecule has 0 aromatic heterocycles. The predicted molar refractivity (Wildman–Crippen MR) is 60.6 cm³/mol. The lowest BCUT2D eigenvalue weighted by Gasteiger charge is -2.15. The third-order valence-corrected chi connectivity index (χ3v) is 2.88. The van der Waals surface area contributed by atoms with E-state index in [-0.39, 0.29) is 5.91 Å². The first kappa shape index (κ1) is 10.2. The van der Waals surface area contributed by atoms with Crippen LogP contribution in [0.5, 0.6) is 0 Å². The van der Waals surface area contributed by atoms with E-state index in [1.54, 1.807) is 0 Å². The van der Waals surface area contributed by atoms with Gasteiger partial charge in [-0.1, -0.05) is 12.1 Å². The van der Waals surface area contributed by atoms with Gasteiger partial charge >= 0.3 is 0 Å². The van der Waals surface area contributed by atoms with E-state index in [4.69, 9.17) is 0 Å². The summed E-state index contributed by atoms with van der Waals surface area (Å²) in [7, 11) is 0. The molecule has 0 atom stereocenters. The first-order valence-electron chi connectivity index (χ1n) is 5.49. The van der Waals surface area contributed by atoms with Gasteiger partial charge in [0.1, 0.15) is 0 Å². The van der Waals surface area contributed by atoms with Gasteiger partial charge in [0.15, 0.2) is 0 Å². The van der Waals surface area contributed by atoms with E-state index in [2.05, 4.69) is 6.92 Å². The van der Waals surface area contributed by atoms with Crippen LogP contribution in [0.4, 0.5) is 0 Å². The molecule has 1 aromatic rings. The fourth-order valence-corrected chi connectivity index (χ4v) is 1.92. The standard InChI is InChI=1S/C13H16NO/c1-2-11-5-7-12(8-6-11)13(15)14-9-3-4-10-14/h5-8H,1-4,9-10H2. The summed E-state index contributed by atoms with van der Waals surface area (Å²) >= 11 is 0. The first-order valence-corrected chi connectivity index (χ1v) is 5.49. The Kier molecular flexibility index (Phi) is 3.05. The van der Waals surface area contributed by atoms with Crippen molar-refractivity contribution in [1.82, 2.24) is 4.90 Å². The van der Waals surface area contributed by atoms with Gasteiger partial charge in [0.2, 0.25) is 0 Å². The van der Waals surface area contributed by atoms with Gasteiger partial charge in [-0.05, 0) is 43.9 Å². The summed E-state index contributed by atoms with van der Waals surface area (Å²) in [5.74, 6) is 0.170. The molecule has 79 valence electrons. The second kappa shape index (κ2) is 4.47. The first-order chi connectivity index (χ1) is 7.31. The Morgan fingerprint density at radius 2 is 1.80 bits per heavy atom. The third-order valence-electron chi connectivity index (χ3n) is 2.88. The average molecular weight is 202 g/mol. The molecule has 0 N–H and O–H groups in total. The minimum atomic E-state index is 0.170. The Balaban J connectivity index is 2.11. The molecule has 2 nitrogen and oxygen atoms in total. The lowest BCUT2D eigenvalue weighted by atomic mass is 10.1. The zero-order chi connectivity index (χ0) is 10.7. The zero-order valence-corrected chi connectivity index (χ0v) is 8.91. The monoisotopic (exact) mass is 202 g/mol. The van der Waals surface area contributed by atoms with Crippen LogP contribution in [-0.2, 0) is 6.42 Å². The Bertz CT molecular complexity index is 336. The summed E-state index contributed by atoms with van der Waals surface area (Å²) in [5, 5.41) is 0. The highest BCUT2D eigenvalue weighted by molar-refractivity contribution is 5.94. The fraction of sp³-hybridized carbons (Fsp3) is 0.385. The van der Waals surface area contributed by atoms with Crippen LogP contribution in [0.25, 0.3) is 0 Å². The van der Waals surface area contributed by atoms with Crippen LogP contribution in [0.2, 0.25) is 0 Å². The highest BCUT2D eigenvalue weighted by atomic mass is 16.2. The van der Waals surface area contributed by atoms with Crippen molar-refractivity contribution >= 4 is 5.91 Å². The molecule has 2 heteroatoms. The minimum absolute atomic E-state index is 0.170. The number of carbonyl (C=O) groups excluding carboxylic acids is 1. The Labute approximate surface area is 90.9 Å². The van der Waals surface area contributed by atoms with E-state index in [0.29, 0.717) is 0 Å². The molecular weight excluding hydrogens is 186 g/mol. The SMILES string of the molecule is [CH2]Cc1ccc(C(=O)N2CCCC2)cc1. The van der Waals surface area contributed by atoms with Crippen LogP contribution in [-0.4, -0.2) is 23.9 Å². The van der Waals surface area contributed by atoms with Gasteiger partial charge in [0, 0.05) is 18.7 Å². The van der Waals surface area contributed by atoms with Crippen molar-refractivity contribution in [2.24, 2.45) is 0 Å². The number of benzene rings is 1. The maximum Gasteiger partial charge on any atom is 0.253 e. The van der Waals surface area contributed by atoms with Gasteiger partial charge in [-0.2, -0.15) is 0 Å². The molecule has 1 aromatic carbocycles. The normalized spacial score (nSPS) is 15.7. The molecular formula is C13H16NO. The molecule has 0 unspecified atom stereocenters. The van der Waals surface area contributed by atoms with E-state index >= 15 is 0 Å². The molecule has 1 amide bonds. The van der Waals surface area contributed by atoms with Crippen molar-refractivity contribution < 1.29 is 4.79 Å². The van der Waals surface area contributed by atoms with Crippen molar-refractivity contribution in [3.63, 3.8) is 0 Å². The van der Waals surface area contributed by atoms with Gasteiger partial charge in [-0.25, -0.2) is 0 Å². The second-order valence-electron chi connectivity index (χ2n) is 3.95. The van der Waals surface area contributed by atoms with Gasteiger partial charge in [-0.15, -0.1) is 0 Å². The molecule has 1 radical (unpaired) electrons. The minimum Gasteiger partial charge on any atom is -0.339 e. The largest absolute Gasteiger partial charge is 0.339 e. The smallest absolute Gasteiger partial charge is 0.253 e. The lowest BCUT2D eigenvalue weighted by molar-refractivity contribution is 0.0793. The third kappa shape index (κ3) is 2.20. The molecule has 0 aliphatic carbocycles. The number of amides is 1. The van der Waals surface area contributed by atoms with Crippen molar-refractivity contribution in [2.45, 2.75) is 19.3 Å². The van der Waals surface area contributed by atoms with E-state index in [9.17, 15) is 4.79 Å². The van der Waals surface area contributed by atoms with Gasteiger partial charge in [0.05, 0.1) is 0 Å². The molecule has 1 heterocycles. The highest BCUT2D eigenvalue weighted by Gasteiger charge is 2.18. The second-order valence-corrected chi connectivity index (χ2v) is 3.95. The zero-order valence-electron chi connectivity index (χ0n) is 8.91. The number of nitrogens with zero attached hydrogens (tertiary/aromatic N) is 1. The fourth-order valence-electron chi connectivity index (χ4n) is 1.92. The summed E-state index contributed by atoms with van der Waals surface area (Å²) in [4.78, 5) is 13.9. The van der Waals surface area contributed by atoms with Crippen LogP contribution >= 0.6 is 0 Å². The number of rotatable bonds is 2. The number of carbonyl (C=O) groups is 1. The highest BCUT2D eigenvalue weighted by Crippen LogP contribution is 2.13. The molecule has 1 aliphatic heterocycles. The number of hydrogen-bond acceptors (Lipinski definition) is 1. The molecule has 2 rings (SSSR count). The summed E-state index contributed by atoms with van der Waals surface area (Å²) < 4.78 is 0. The van der Waals surface area contributed by atoms with Crippen LogP contribution in [0.15, 0.2) is 24.3 Å². The van der Waals surface area contributed by atoms with Crippen LogP contribution in [0.3, 0.4) is 0 Å². The molecule has 1 aliphatic rings. The van der Waals surface area contributed by atoms with Crippen molar-refractivity contribution in [1.29, 1.82) is 0 Å². The van der Waals surface area contributed by atoms with Crippen molar-refractivity contribution in [3.05, 3.63) is 42.3 Å². The topological polar surface area (TPSA) is 20.3 Å². The van der Waals surface area contributed by atoms with Crippen LogP contribution < -0.4 is 0 Å². The molecule has 0 saturated carbocycles. The Morgan fingerprint density at radius 3 is 2.33 bits per heavy atom. The maximum atomic E-state index is 12.0. The van der Waals surface area contributed by atoms with Gasteiger partial charge in [-0.3, -0.25) is 4.79 Å². The van der Waals surface area contributed by atoms with E-state index < -0.39 is 0 Å². The average Bonchev–Trinajstić information content (AvgIpc) is 2.82. The molecule has 15 heavy (non-hydrogen) atoms. The maximum absolute atomic E-state index is 12.0. The molecule has 1 saturated heterocycles. The van der Waals surface area contributed by atoms with E-state index in [0.717, 1.165) is 37.9 Å². The van der Waals surface area contributed by atoms with Crippen LogP contribution in [0, 0.1) is 6.92 Å². The van der Waals surface area contributed by atoms with Crippen molar-refractivity contribution in [2.75, 3.05) is 13.1 Å². The summed E-state index contributed by atoms with van der Waals surface area (Å²) in [5.41, 5.74) is 1.97. The quantitative estimate of drug-likeness (QED) is 0.720. The van der Waals surface area contributed by atoms with Gasteiger partial charge < -0.3 is 4.90 Å². The molecule has 0 bridgehead atoms. The number of likely N-dealkylation sites (tertiary alicyclic amines) is 1. The Morgan fingerprint density at radius 1 is 1.20 bits per heavy atom. The number of hydrogen-bond donors (Lipinski definition) is 0. The van der Waals surface area contributed by atoms with Crippen molar-refractivity contribution in [3.8, 4) is 0 Å². The van der Waals surface area contributed by atoms with Crippen LogP contribution in [0.1, 0.15) is 28.8 Å². The molecule has 1 fully saturated rings. The predicted octanol–water partition coefficient (Wildman–Crippen LogP) is 2.30. The Hall–Kier alpha value is -1.31.